The zero-order valence-electron chi connectivity index (χ0n) is 11.3. The predicted molar refractivity (Wildman–Crippen MR) is 78.0 cm³/mol. The van der Waals surface area contributed by atoms with E-state index in [-0.39, 0.29) is 0 Å². The van der Waals surface area contributed by atoms with E-state index >= 15 is 0 Å². The van der Waals surface area contributed by atoms with E-state index in [0.29, 0.717) is 5.76 Å². The van der Waals surface area contributed by atoms with Crippen molar-refractivity contribution >= 4 is 0 Å². The Balaban J connectivity index is 2.15. The van der Waals surface area contributed by atoms with Crippen LogP contribution in [-0.2, 0) is 6.42 Å². The van der Waals surface area contributed by atoms with E-state index in [1.165, 1.54) is 0 Å². The molecule has 3 rings (SSSR count). The number of hydrogen-bond acceptors (Lipinski definition) is 3. The fourth-order valence-electron chi connectivity index (χ4n) is 2.22. The summed E-state index contributed by atoms with van der Waals surface area (Å²) in [6, 6.07) is 14.2. The molecule has 0 N–H and O–H groups in total. The highest BCUT2D eigenvalue weighted by Gasteiger charge is 2.12. The highest BCUT2D eigenvalue weighted by molar-refractivity contribution is 5.80. The highest BCUT2D eigenvalue weighted by atomic mass is 16.5. The standard InChI is InChI=1S/C17H15N2O/c1-2-6-14-11-15(13-7-4-3-5-8-13)16(12-18-14)17-9-10-19-20-17/h3-5,7-11H,2,6H2,1H3. The number of hydrogen-bond donors (Lipinski definition) is 0. The minimum atomic E-state index is 0.694. The molecule has 0 aliphatic heterocycles. The fourth-order valence-corrected chi connectivity index (χ4v) is 2.22. The molecule has 3 nitrogen and oxygen atoms in total. The van der Waals surface area contributed by atoms with Gasteiger partial charge in [0.1, 0.15) is 6.20 Å². The van der Waals surface area contributed by atoms with Crippen molar-refractivity contribution in [1.82, 2.24) is 10.1 Å². The second-order valence-corrected chi connectivity index (χ2v) is 4.64. The highest BCUT2D eigenvalue weighted by Crippen LogP contribution is 2.31. The molecular formula is C17H15N2O. The van der Waals surface area contributed by atoms with E-state index in [9.17, 15) is 0 Å². The van der Waals surface area contributed by atoms with Crippen molar-refractivity contribution in [1.29, 1.82) is 0 Å². The first kappa shape index (κ1) is 12.6. The number of nitrogens with zero attached hydrogens (tertiary/aromatic N) is 2. The minimum Gasteiger partial charge on any atom is -0.356 e. The molecule has 3 heteroatoms. The van der Waals surface area contributed by atoms with Crippen molar-refractivity contribution in [3.05, 3.63) is 60.6 Å². The molecular weight excluding hydrogens is 248 g/mol. The van der Waals surface area contributed by atoms with Gasteiger partial charge in [-0.15, -0.1) is 0 Å². The average Bonchev–Trinajstić information content (AvgIpc) is 3.03. The summed E-state index contributed by atoms with van der Waals surface area (Å²) in [7, 11) is 0. The molecule has 20 heavy (non-hydrogen) atoms. The lowest BCUT2D eigenvalue weighted by atomic mass is 9.98. The van der Waals surface area contributed by atoms with E-state index in [1.54, 1.807) is 6.20 Å². The van der Waals surface area contributed by atoms with Gasteiger partial charge in [0, 0.05) is 11.8 Å². The summed E-state index contributed by atoms with van der Waals surface area (Å²) in [5.74, 6) is 0.694. The zero-order chi connectivity index (χ0) is 13.8. The molecule has 0 aliphatic rings. The lowest BCUT2D eigenvalue weighted by Crippen LogP contribution is -1.93. The smallest absolute Gasteiger partial charge is 0.169 e. The van der Waals surface area contributed by atoms with Crippen LogP contribution in [0.4, 0.5) is 0 Å². The van der Waals surface area contributed by atoms with Crippen LogP contribution >= 0.6 is 0 Å². The molecule has 0 aliphatic carbocycles. The largest absolute Gasteiger partial charge is 0.356 e. The van der Waals surface area contributed by atoms with Crippen molar-refractivity contribution < 1.29 is 4.52 Å². The lowest BCUT2D eigenvalue weighted by Gasteiger charge is -2.08. The number of aryl methyl sites for hydroxylation is 1. The van der Waals surface area contributed by atoms with Crippen LogP contribution in [0.25, 0.3) is 22.5 Å². The number of aromatic nitrogens is 2. The first-order chi connectivity index (χ1) is 9.88. The summed E-state index contributed by atoms with van der Waals surface area (Å²) in [6.07, 6.45) is 6.76. The Labute approximate surface area is 118 Å². The molecule has 2 aromatic heterocycles. The minimum absolute atomic E-state index is 0.694. The number of benzene rings is 1. The Morgan fingerprint density at radius 2 is 2.00 bits per heavy atom. The van der Waals surface area contributed by atoms with E-state index in [4.69, 9.17) is 4.52 Å². The molecule has 3 aromatic rings. The van der Waals surface area contributed by atoms with Gasteiger partial charge >= 0.3 is 0 Å². The average molecular weight is 263 g/mol. The summed E-state index contributed by atoms with van der Waals surface area (Å²) in [6.45, 7) is 2.15. The molecule has 0 saturated heterocycles. The Bertz CT molecular complexity index is 675. The fraction of sp³-hybridized carbons (Fsp3) is 0.176. The molecule has 0 amide bonds. The topological polar surface area (TPSA) is 38.9 Å². The predicted octanol–water partition coefficient (Wildman–Crippen LogP) is 4.16. The van der Waals surface area contributed by atoms with Crippen LogP contribution in [0.15, 0.2) is 53.2 Å². The summed E-state index contributed by atoms with van der Waals surface area (Å²) < 4.78 is 5.26. The quantitative estimate of drug-likeness (QED) is 0.709. The van der Waals surface area contributed by atoms with E-state index in [1.807, 2.05) is 24.3 Å². The summed E-state index contributed by atoms with van der Waals surface area (Å²) in [4.78, 5) is 4.40. The van der Waals surface area contributed by atoms with Gasteiger partial charge in [0.25, 0.3) is 0 Å². The molecule has 0 spiro atoms. The van der Waals surface area contributed by atoms with Gasteiger partial charge in [-0.1, -0.05) is 48.8 Å². The van der Waals surface area contributed by atoms with E-state index in [0.717, 1.165) is 35.2 Å². The van der Waals surface area contributed by atoms with Crippen LogP contribution in [0.3, 0.4) is 0 Å². The summed E-state index contributed by atoms with van der Waals surface area (Å²) in [5, 5.41) is 3.77. The number of pyridine rings is 1. The Hall–Kier alpha value is -2.42. The molecule has 1 aromatic carbocycles. The Morgan fingerprint density at radius 3 is 2.70 bits per heavy atom. The van der Waals surface area contributed by atoms with E-state index < -0.39 is 0 Å². The van der Waals surface area contributed by atoms with Gasteiger partial charge in [0.15, 0.2) is 5.76 Å². The van der Waals surface area contributed by atoms with Crippen LogP contribution in [0.1, 0.15) is 19.0 Å². The van der Waals surface area contributed by atoms with Crippen molar-refractivity contribution in [3.63, 3.8) is 0 Å². The Kier molecular flexibility index (Phi) is 3.59. The Morgan fingerprint density at radius 1 is 1.15 bits per heavy atom. The molecule has 1 radical (unpaired) electrons. The van der Waals surface area contributed by atoms with Crippen LogP contribution < -0.4 is 0 Å². The van der Waals surface area contributed by atoms with Gasteiger partial charge in [-0.3, -0.25) is 4.98 Å². The lowest BCUT2D eigenvalue weighted by molar-refractivity contribution is 0.432. The maximum atomic E-state index is 5.26. The van der Waals surface area contributed by atoms with Crippen molar-refractivity contribution in [2.24, 2.45) is 0 Å². The van der Waals surface area contributed by atoms with Gasteiger partial charge in [0.2, 0.25) is 0 Å². The van der Waals surface area contributed by atoms with Crippen molar-refractivity contribution in [2.75, 3.05) is 0 Å². The van der Waals surface area contributed by atoms with Crippen molar-refractivity contribution in [3.8, 4) is 22.5 Å². The molecule has 0 unspecified atom stereocenters. The van der Waals surface area contributed by atoms with Crippen LogP contribution in [0, 0.1) is 6.20 Å². The molecule has 0 saturated carbocycles. The SMILES string of the molecule is CCCc1cc(-c2ccccc2)c(-c2ccno2)[c]n1. The van der Waals surface area contributed by atoms with Crippen LogP contribution in [0.2, 0.25) is 0 Å². The van der Waals surface area contributed by atoms with Gasteiger partial charge < -0.3 is 4.52 Å². The first-order valence-corrected chi connectivity index (χ1v) is 6.76. The van der Waals surface area contributed by atoms with Gasteiger partial charge in [-0.05, 0) is 23.6 Å². The maximum absolute atomic E-state index is 5.26. The summed E-state index contributed by atoms with van der Waals surface area (Å²) >= 11 is 0. The van der Waals surface area contributed by atoms with Crippen LogP contribution in [-0.4, -0.2) is 10.1 Å². The van der Waals surface area contributed by atoms with Gasteiger partial charge in [-0.25, -0.2) is 0 Å². The third-order valence-corrected chi connectivity index (χ3v) is 3.17. The van der Waals surface area contributed by atoms with Crippen molar-refractivity contribution in [2.45, 2.75) is 19.8 Å². The zero-order valence-corrected chi connectivity index (χ0v) is 11.3. The number of rotatable bonds is 4. The third-order valence-electron chi connectivity index (χ3n) is 3.17. The third kappa shape index (κ3) is 2.48. The second kappa shape index (κ2) is 5.70. The normalized spacial score (nSPS) is 10.7. The summed E-state index contributed by atoms with van der Waals surface area (Å²) in [5.41, 5.74) is 4.12. The second-order valence-electron chi connectivity index (χ2n) is 4.64. The monoisotopic (exact) mass is 263 g/mol. The molecule has 99 valence electrons. The molecule has 2 heterocycles. The van der Waals surface area contributed by atoms with E-state index in [2.05, 4.69) is 41.5 Å². The first-order valence-electron chi connectivity index (χ1n) is 6.76. The molecule has 0 fully saturated rings. The van der Waals surface area contributed by atoms with Gasteiger partial charge in [0.05, 0.1) is 11.8 Å². The molecule has 0 bridgehead atoms. The maximum Gasteiger partial charge on any atom is 0.169 e. The van der Waals surface area contributed by atoms with Gasteiger partial charge in [-0.2, -0.15) is 0 Å². The molecule has 0 atom stereocenters. The van der Waals surface area contributed by atoms with Crippen LogP contribution in [0.5, 0.6) is 0 Å².